The summed E-state index contributed by atoms with van der Waals surface area (Å²) in [4.78, 5) is 47.9. The van der Waals surface area contributed by atoms with E-state index in [9.17, 15) is 14.4 Å². The van der Waals surface area contributed by atoms with Gasteiger partial charge in [-0.1, -0.05) is 41.6 Å². The summed E-state index contributed by atoms with van der Waals surface area (Å²) >= 11 is 7.22. The number of pyridine rings is 1. The molecule has 0 bridgehead atoms. The van der Waals surface area contributed by atoms with Crippen molar-refractivity contribution in [2.75, 3.05) is 12.9 Å². The minimum atomic E-state index is -0.647. The van der Waals surface area contributed by atoms with Crippen molar-refractivity contribution < 1.29 is 14.3 Å². The van der Waals surface area contributed by atoms with Crippen LogP contribution in [-0.2, 0) is 9.53 Å². The molecule has 0 radical (unpaired) electrons. The summed E-state index contributed by atoms with van der Waals surface area (Å²) in [5.41, 5.74) is 1.01. The number of fused-ring (bicyclic) bond motifs is 1. The van der Waals surface area contributed by atoms with Crippen molar-refractivity contribution in [2.24, 2.45) is 0 Å². The minimum Gasteiger partial charge on any atom is -0.465 e. The fourth-order valence-corrected chi connectivity index (χ4v) is 3.87. The van der Waals surface area contributed by atoms with Gasteiger partial charge in [-0.25, -0.2) is 14.8 Å². The third kappa shape index (κ3) is 4.80. The van der Waals surface area contributed by atoms with Crippen molar-refractivity contribution >= 4 is 46.3 Å². The van der Waals surface area contributed by atoms with E-state index in [2.05, 4.69) is 20.3 Å². The zero-order valence-electron chi connectivity index (χ0n) is 16.5. The van der Waals surface area contributed by atoms with Gasteiger partial charge in [-0.15, -0.1) is 0 Å². The number of carbonyl (C=O) groups excluding carboxylic acids is 2. The van der Waals surface area contributed by atoms with Gasteiger partial charge in [-0.3, -0.25) is 9.59 Å². The number of hydrogen-bond acceptors (Lipinski definition) is 7. The summed E-state index contributed by atoms with van der Waals surface area (Å²) < 4.78 is 4.73. The van der Waals surface area contributed by atoms with Crippen LogP contribution in [0.2, 0.25) is 5.02 Å². The van der Waals surface area contributed by atoms with E-state index in [4.69, 9.17) is 16.3 Å². The maximum absolute atomic E-state index is 12.5. The normalized spacial score (nSPS) is 11.9. The number of aromatic nitrogens is 3. The van der Waals surface area contributed by atoms with Crippen LogP contribution in [0.5, 0.6) is 0 Å². The lowest BCUT2D eigenvalue weighted by Gasteiger charge is -2.15. The lowest BCUT2D eigenvalue weighted by atomic mass is 10.1. The van der Waals surface area contributed by atoms with Crippen LogP contribution in [0.4, 0.5) is 0 Å². The lowest BCUT2D eigenvalue weighted by Crippen LogP contribution is -2.28. The van der Waals surface area contributed by atoms with Crippen molar-refractivity contribution in [3.05, 3.63) is 62.5 Å². The highest BCUT2D eigenvalue weighted by atomic mass is 35.5. The Hall–Kier alpha value is -2.91. The predicted octanol–water partition coefficient (Wildman–Crippen LogP) is 3.04. The number of methoxy groups -OCH3 is 1. The number of amides is 1. The Morgan fingerprint density at radius 3 is 2.73 bits per heavy atom. The molecule has 0 fully saturated rings. The van der Waals surface area contributed by atoms with Crippen molar-refractivity contribution in [1.29, 1.82) is 0 Å². The van der Waals surface area contributed by atoms with Crippen molar-refractivity contribution in [3.8, 4) is 0 Å². The topological polar surface area (TPSA) is 114 Å². The molecule has 30 heavy (non-hydrogen) atoms. The van der Waals surface area contributed by atoms with Gasteiger partial charge in [-0.05, 0) is 31.5 Å². The van der Waals surface area contributed by atoms with E-state index >= 15 is 0 Å². The zero-order valence-corrected chi connectivity index (χ0v) is 18.1. The second-order valence-corrected chi connectivity index (χ2v) is 7.84. The van der Waals surface area contributed by atoms with Crippen molar-refractivity contribution in [1.82, 2.24) is 20.3 Å². The molecule has 3 rings (SSSR count). The van der Waals surface area contributed by atoms with E-state index in [1.54, 1.807) is 13.0 Å². The van der Waals surface area contributed by atoms with Gasteiger partial charge in [0.25, 0.3) is 5.56 Å². The standard InChI is InChI=1S/C20H19ClN4O4S/c1-10-8-13(19(28)29-3)16-17(22-10)24-20(25-18(16)27)30-9-15(26)23-11(2)12-6-4-5-7-14(12)21/h4-8,11H,9H2,1-3H3,(H,23,26)(H,22,24,25,27). The van der Waals surface area contributed by atoms with Crippen LogP contribution >= 0.6 is 23.4 Å². The number of nitrogens with zero attached hydrogens (tertiary/aromatic N) is 2. The second-order valence-electron chi connectivity index (χ2n) is 6.47. The molecule has 156 valence electrons. The molecule has 1 atom stereocenters. The Morgan fingerprint density at radius 1 is 1.30 bits per heavy atom. The van der Waals surface area contributed by atoms with Crippen LogP contribution in [0.15, 0.2) is 40.3 Å². The molecule has 1 unspecified atom stereocenters. The largest absolute Gasteiger partial charge is 0.465 e. The molecule has 2 N–H and O–H groups in total. The fourth-order valence-electron chi connectivity index (χ4n) is 2.91. The first kappa shape index (κ1) is 21.8. The smallest absolute Gasteiger partial charge is 0.338 e. The highest BCUT2D eigenvalue weighted by Gasteiger charge is 2.18. The molecule has 2 heterocycles. The Bertz CT molecular complexity index is 1180. The molecule has 1 amide bonds. The van der Waals surface area contributed by atoms with Gasteiger partial charge in [-0.2, -0.15) is 0 Å². The van der Waals surface area contributed by atoms with Gasteiger partial charge in [0.1, 0.15) is 0 Å². The van der Waals surface area contributed by atoms with Crippen LogP contribution in [0, 0.1) is 6.92 Å². The van der Waals surface area contributed by atoms with Gasteiger partial charge < -0.3 is 15.0 Å². The number of benzene rings is 1. The van der Waals surface area contributed by atoms with E-state index in [-0.39, 0.29) is 39.5 Å². The monoisotopic (exact) mass is 446 g/mol. The average molecular weight is 447 g/mol. The molecule has 1 aromatic carbocycles. The summed E-state index contributed by atoms with van der Waals surface area (Å²) in [5, 5.41) is 3.70. The first-order chi connectivity index (χ1) is 14.3. The first-order valence-corrected chi connectivity index (χ1v) is 10.3. The molecule has 0 aliphatic rings. The van der Waals surface area contributed by atoms with Crippen LogP contribution in [0.1, 0.15) is 34.6 Å². The van der Waals surface area contributed by atoms with Crippen LogP contribution in [0.3, 0.4) is 0 Å². The molecule has 3 aromatic rings. The number of carbonyl (C=O) groups is 2. The van der Waals surface area contributed by atoms with Crippen LogP contribution < -0.4 is 10.9 Å². The maximum atomic E-state index is 12.5. The summed E-state index contributed by atoms with van der Waals surface area (Å²) in [6, 6.07) is 8.47. The maximum Gasteiger partial charge on any atom is 0.338 e. The Morgan fingerprint density at radius 2 is 2.03 bits per heavy atom. The summed E-state index contributed by atoms with van der Waals surface area (Å²) in [6.45, 7) is 3.52. The number of hydrogen-bond donors (Lipinski definition) is 2. The molecule has 2 aromatic heterocycles. The fraction of sp³-hybridized carbons (Fsp3) is 0.250. The number of halogens is 1. The van der Waals surface area contributed by atoms with Gasteiger partial charge in [0, 0.05) is 10.7 Å². The van der Waals surface area contributed by atoms with Crippen LogP contribution in [-0.4, -0.2) is 39.7 Å². The molecular formula is C20H19ClN4O4S. The van der Waals surface area contributed by atoms with Crippen LogP contribution in [0.25, 0.3) is 11.0 Å². The molecule has 0 aliphatic heterocycles. The number of H-pyrrole nitrogens is 1. The highest BCUT2D eigenvalue weighted by Crippen LogP contribution is 2.23. The number of nitrogens with one attached hydrogen (secondary N) is 2. The molecule has 0 aliphatic carbocycles. The molecule has 8 nitrogen and oxygen atoms in total. The Kier molecular flexibility index (Phi) is 6.73. The van der Waals surface area contributed by atoms with Gasteiger partial charge >= 0.3 is 5.97 Å². The highest BCUT2D eigenvalue weighted by molar-refractivity contribution is 7.99. The second kappa shape index (κ2) is 9.27. The van der Waals surface area contributed by atoms with Gasteiger partial charge in [0.15, 0.2) is 10.8 Å². The van der Waals surface area contributed by atoms with Gasteiger partial charge in [0.05, 0.1) is 29.9 Å². The predicted molar refractivity (Wildman–Crippen MR) is 115 cm³/mol. The number of esters is 1. The SMILES string of the molecule is COC(=O)c1cc(C)nc2nc(SCC(=O)NC(C)c3ccccc3Cl)[nH]c(=O)c12. The summed E-state index contributed by atoms with van der Waals surface area (Å²) in [5.74, 6) is -0.868. The number of aryl methyl sites for hydroxylation is 1. The Labute approximate surface area is 181 Å². The third-order valence-corrected chi connectivity index (χ3v) is 5.50. The molecule has 0 saturated carbocycles. The van der Waals surface area contributed by atoms with Crippen molar-refractivity contribution in [3.63, 3.8) is 0 Å². The van der Waals surface area contributed by atoms with Gasteiger partial charge in [0.2, 0.25) is 5.91 Å². The lowest BCUT2D eigenvalue weighted by molar-refractivity contribution is -0.119. The quantitative estimate of drug-likeness (QED) is 0.340. The number of thioether (sulfide) groups is 1. The molecule has 0 spiro atoms. The zero-order chi connectivity index (χ0) is 21.8. The number of aromatic amines is 1. The number of rotatable bonds is 6. The minimum absolute atomic E-state index is 0.0267. The van der Waals surface area contributed by atoms with E-state index < -0.39 is 11.5 Å². The molecular weight excluding hydrogens is 428 g/mol. The third-order valence-electron chi connectivity index (χ3n) is 4.28. The first-order valence-electron chi connectivity index (χ1n) is 8.96. The van der Waals surface area contributed by atoms with E-state index in [1.165, 1.54) is 13.2 Å². The van der Waals surface area contributed by atoms with E-state index in [1.807, 2.05) is 25.1 Å². The molecule has 0 saturated heterocycles. The van der Waals surface area contributed by atoms with Crippen molar-refractivity contribution in [2.45, 2.75) is 25.0 Å². The summed E-state index contributed by atoms with van der Waals surface area (Å²) in [7, 11) is 1.23. The average Bonchev–Trinajstić information content (AvgIpc) is 2.71. The Balaban J connectivity index is 1.76. The van der Waals surface area contributed by atoms with E-state index in [0.29, 0.717) is 10.7 Å². The summed E-state index contributed by atoms with van der Waals surface area (Å²) in [6.07, 6.45) is 0. The number of ether oxygens (including phenoxy) is 1. The van der Waals surface area contributed by atoms with E-state index in [0.717, 1.165) is 17.3 Å². The molecule has 10 heteroatoms.